The van der Waals surface area contributed by atoms with Gasteiger partial charge in [-0.15, -0.1) is 0 Å². The SMILES string of the molecule is Cc1ccc2onc(CC(=O)NC3CCN(Cc4ccccc4)CC3)c2c1. The third-order valence-electron chi connectivity index (χ3n) is 5.23. The Bertz CT molecular complexity index is 912. The molecule has 0 atom stereocenters. The Balaban J connectivity index is 1.28. The van der Waals surface area contributed by atoms with Crippen molar-refractivity contribution in [3.63, 3.8) is 0 Å². The molecule has 140 valence electrons. The van der Waals surface area contributed by atoms with Gasteiger partial charge in [-0.05, 0) is 37.5 Å². The second-order valence-corrected chi connectivity index (χ2v) is 7.41. The van der Waals surface area contributed by atoms with Crippen LogP contribution in [0.3, 0.4) is 0 Å². The van der Waals surface area contributed by atoms with E-state index in [1.807, 2.05) is 31.2 Å². The molecule has 0 spiro atoms. The van der Waals surface area contributed by atoms with E-state index in [0.29, 0.717) is 5.69 Å². The van der Waals surface area contributed by atoms with Crippen molar-refractivity contribution in [2.75, 3.05) is 13.1 Å². The van der Waals surface area contributed by atoms with Gasteiger partial charge in [0.2, 0.25) is 5.91 Å². The van der Waals surface area contributed by atoms with Crippen molar-refractivity contribution >= 4 is 16.9 Å². The summed E-state index contributed by atoms with van der Waals surface area (Å²) in [6, 6.07) is 16.7. The molecule has 1 amide bonds. The third-order valence-corrected chi connectivity index (χ3v) is 5.23. The lowest BCUT2D eigenvalue weighted by Gasteiger charge is -2.32. The maximum atomic E-state index is 12.5. The summed E-state index contributed by atoms with van der Waals surface area (Å²) >= 11 is 0. The molecule has 1 aromatic heterocycles. The topological polar surface area (TPSA) is 58.4 Å². The summed E-state index contributed by atoms with van der Waals surface area (Å²) in [5, 5.41) is 8.19. The Morgan fingerprint density at radius 3 is 2.74 bits per heavy atom. The molecule has 0 aliphatic carbocycles. The summed E-state index contributed by atoms with van der Waals surface area (Å²) in [6.45, 7) is 5.02. The number of nitrogens with one attached hydrogen (secondary N) is 1. The van der Waals surface area contributed by atoms with Gasteiger partial charge < -0.3 is 9.84 Å². The van der Waals surface area contributed by atoms with E-state index in [1.54, 1.807) is 0 Å². The van der Waals surface area contributed by atoms with Crippen LogP contribution in [0.4, 0.5) is 0 Å². The maximum Gasteiger partial charge on any atom is 0.226 e. The fourth-order valence-corrected chi connectivity index (χ4v) is 3.74. The summed E-state index contributed by atoms with van der Waals surface area (Å²) < 4.78 is 5.33. The predicted octanol–water partition coefficient (Wildman–Crippen LogP) is 3.46. The monoisotopic (exact) mass is 363 g/mol. The van der Waals surface area contributed by atoms with E-state index < -0.39 is 0 Å². The zero-order valence-electron chi connectivity index (χ0n) is 15.6. The smallest absolute Gasteiger partial charge is 0.226 e. The van der Waals surface area contributed by atoms with Gasteiger partial charge in [0.05, 0.1) is 6.42 Å². The van der Waals surface area contributed by atoms with Crippen LogP contribution >= 0.6 is 0 Å². The van der Waals surface area contributed by atoms with Crippen LogP contribution in [-0.4, -0.2) is 35.1 Å². The van der Waals surface area contributed by atoms with Crippen LogP contribution in [0.1, 0.15) is 29.7 Å². The Labute approximate surface area is 159 Å². The van der Waals surface area contributed by atoms with Crippen molar-refractivity contribution in [2.45, 2.75) is 38.8 Å². The standard InChI is InChI=1S/C22H25N3O2/c1-16-7-8-21-19(13-16)20(24-27-21)14-22(26)23-18-9-11-25(12-10-18)15-17-5-3-2-4-6-17/h2-8,13,18H,9-12,14-15H2,1H3,(H,23,26). The number of aryl methyl sites for hydroxylation is 1. The molecule has 3 aromatic rings. The zero-order valence-corrected chi connectivity index (χ0v) is 15.6. The van der Waals surface area contributed by atoms with Crippen molar-refractivity contribution in [3.05, 3.63) is 65.4 Å². The second kappa shape index (κ2) is 7.92. The van der Waals surface area contributed by atoms with E-state index in [1.165, 1.54) is 5.56 Å². The Morgan fingerprint density at radius 2 is 1.96 bits per heavy atom. The number of amides is 1. The molecule has 5 nitrogen and oxygen atoms in total. The molecular formula is C22H25N3O2. The predicted molar refractivity (Wildman–Crippen MR) is 105 cm³/mol. The van der Waals surface area contributed by atoms with Gasteiger partial charge in [-0.1, -0.05) is 47.1 Å². The average Bonchev–Trinajstić information content (AvgIpc) is 3.06. The molecule has 1 N–H and O–H groups in total. The maximum absolute atomic E-state index is 12.5. The number of hydrogen-bond acceptors (Lipinski definition) is 4. The van der Waals surface area contributed by atoms with Gasteiger partial charge in [-0.3, -0.25) is 9.69 Å². The minimum atomic E-state index is 0.0215. The lowest BCUT2D eigenvalue weighted by atomic mass is 10.0. The van der Waals surface area contributed by atoms with Crippen LogP contribution in [0.2, 0.25) is 0 Å². The Morgan fingerprint density at radius 1 is 1.19 bits per heavy atom. The summed E-state index contributed by atoms with van der Waals surface area (Å²) in [6.07, 6.45) is 2.23. The van der Waals surface area contributed by atoms with Gasteiger partial charge in [-0.25, -0.2) is 0 Å². The lowest BCUT2D eigenvalue weighted by Crippen LogP contribution is -2.44. The molecule has 27 heavy (non-hydrogen) atoms. The van der Waals surface area contributed by atoms with Crippen LogP contribution in [0, 0.1) is 6.92 Å². The quantitative estimate of drug-likeness (QED) is 0.754. The van der Waals surface area contributed by atoms with Crippen molar-refractivity contribution in [3.8, 4) is 0 Å². The molecule has 1 saturated heterocycles. The molecule has 0 unspecified atom stereocenters. The summed E-state index contributed by atoms with van der Waals surface area (Å²) in [4.78, 5) is 14.9. The van der Waals surface area contributed by atoms with E-state index in [9.17, 15) is 4.79 Å². The first-order chi connectivity index (χ1) is 13.2. The first kappa shape index (κ1) is 17.7. The summed E-state index contributed by atoms with van der Waals surface area (Å²) in [5.41, 5.74) is 3.93. The number of nitrogens with zero attached hydrogens (tertiary/aromatic N) is 2. The van der Waals surface area contributed by atoms with Gasteiger partial charge in [0, 0.05) is 31.1 Å². The van der Waals surface area contributed by atoms with Gasteiger partial charge in [0.25, 0.3) is 0 Å². The van der Waals surface area contributed by atoms with E-state index >= 15 is 0 Å². The van der Waals surface area contributed by atoms with Crippen molar-refractivity contribution < 1.29 is 9.32 Å². The van der Waals surface area contributed by atoms with Gasteiger partial charge in [-0.2, -0.15) is 0 Å². The highest BCUT2D eigenvalue weighted by Crippen LogP contribution is 2.20. The van der Waals surface area contributed by atoms with E-state index in [4.69, 9.17) is 4.52 Å². The summed E-state index contributed by atoms with van der Waals surface area (Å²) in [7, 11) is 0. The normalized spacial score (nSPS) is 15.9. The van der Waals surface area contributed by atoms with Crippen LogP contribution in [-0.2, 0) is 17.8 Å². The van der Waals surface area contributed by atoms with Crippen LogP contribution in [0.15, 0.2) is 53.1 Å². The molecule has 1 aliphatic heterocycles. The van der Waals surface area contributed by atoms with E-state index in [0.717, 1.165) is 49.0 Å². The molecule has 0 saturated carbocycles. The van der Waals surface area contributed by atoms with Gasteiger partial charge in [0.1, 0.15) is 5.69 Å². The minimum Gasteiger partial charge on any atom is -0.356 e. The number of carbonyl (C=O) groups is 1. The molecule has 0 radical (unpaired) electrons. The fourth-order valence-electron chi connectivity index (χ4n) is 3.74. The van der Waals surface area contributed by atoms with Gasteiger partial charge >= 0.3 is 0 Å². The van der Waals surface area contributed by atoms with Crippen molar-refractivity contribution in [1.82, 2.24) is 15.4 Å². The molecule has 4 rings (SSSR count). The highest BCUT2D eigenvalue weighted by Gasteiger charge is 2.21. The first-order valence-corrected chi connectivity index (χ1v) is 9.58. The van der Waals surface area contributed by atoms with Crippen LogP contribution < -0.4 is 5.32 Å². The molecule has 0 bridgehead atoms. The van der Waals surface area contributed by atoms with Crippen molar-refractivity contribution in [2.24, 2.45) is 0 Å². The lowest BCUT2D eigenvalue weighted by molar-refractivity contribution is -0.121. The molecule has 1 fully saturated rings. The molecule has 5 heteroatoms. The fraction of sp³-hybridized carbons (Fsp3) is 0.364. The number of likely N-dealkylation sites (tertiary alicyclic amines) is 1. The number of aromatic nitrogens is 1. The molecular weight excluding hydrogens is 338 g/mol. The number of benzene rings is 2. The van der Waals surface area contributed by atoms with E-state index in [2.05, 4.69) is 39.6 Å². The third kappa shape index (κ3) is 4.37. The minimum absolute atomic E-state index is 0.0215. The Hall–Kier alpha value is -2.66. The van der Waals surface area contributed by atoms with E-state index in [-0.39, 0.29) is 18.4 Å². The highest BCUT2D eigenvalue weighted by atomic mass is 16.5. The molecule has 1 aliphatic rings. The number of rotatable bonds is 5. The average molecular weight is 363 g/mol. The van der Waals surface area contributed by atoms with Gasteiger partial charge in [0.15, 0.2) is 5.58 Å². The summed E-state index contributed by atoms with van der Waals surface area (Å²) in [5.74, 6) is 0.0215. The molecule has 2 aromatic carbocycles. The Kier molecular flexibility index (Phi) is 5.21. The number of hydrogen-bond donors (Lipinski definition) is 1. The number of carbonyl (C=O) groups excluding carboxylic acids is 1. The highest BCUT2D eigenvalue weighted by molar-refractivity contribution is 5.86. The molecule has 2 heterocycles. The second-order valence-electron chi connectivity index (χ2n) is 7.41. The number of piperidine rings is 1. The zero-order chi connectivity index (χ0) is 18.6. The first-order valence-electron chi connectivity index (χ1n) is 9.58. The number of fused-ring (bicyclic) bond motifs is 1. The van der Waals surface area contributed by atoms with Crippen LogP contribution in [0.25, 0.3) is 11.0 Å². The van der Waals surface area contributed by atoms with Crippen molar-refractivity contribution in [1.29, 1.82) is 0 Å². The van der Waals surface area contributed by atoms with Crippen LogP contribution in [0.5, 0.6) is 0 Å². The largest absolute Gasteiger partial charge is 0.356 e.